The normalized spacial score (nSPS) is 32.0. The monoisotopic (exact) mass is 210 g/mol. The van der Waals surface area contributed by atoms with Gasteiger partial charge in [-0.15, -0.1) is 0 Å². The second kappa shape index (κ2) is 5.31. The Hall–Kier alpha value is -0.0800. The number of nitrogens with one attached hydrogen (secondary N) is 1. The molecule has 1 aliphatic carbocycles. The average Bonchev–Trinajstić information content (AvgIpc) is 2.70. The van der Waals surface area contributed by atoms with Gasteiger partial charge in [-0.05, 0) is 52.1 Å². The molecule has 0 radical (unpaired) electrons. The second-order valence-electron chi connectivity index (χ2n) is 5.60. The molecule has 2 heteroatoms. The van der Waals surface area contributed by atoms with E-state index in [4.69, 9.17) is 0 Å². The lowest BCUT2D eigenvalue weighted by Crippen LogP contribution is -2.45. The van der Waals surface area contributed by atoms with Crippen molar-refractivity contribution in [2.75, 3.05) is 20.1 Å². The van der Waals surface area contributed by atoms with E-state index in [-0.39, 0.29) is 0 Å². The Kier molecular flexibility index (Phi) is 4.04. The van der Waals surface area contributed by atoms with Gasteiger partial charge >= 0.3 is 0 Å². The van der Waals surface area contributed by atoms with E-state index in [1.165, 1.54) is 51.6 Å². The van der Waals surface area contributed by atoms with Crippen molar-refractivity contribution >= 4 is 0 Å². The minimum absolute atomic E-state index is 0.718. The fraction of sp³-hybridized carbons (Fsp3) is 1.00. The lowest BCUT2D eigenvalue weighted by Gasteiger charge is -2.35. The van der Waals surface area contributed by atoms with Crippen LogP contribution in [0.15, 0.2) is 0 Å². The molecule has 0 spiro atoms. The molecule has 1 saturated carbocycles. The average molecular weight is 210 g/mol. The summed E-state index contributed by atoms with van der Waals surface area (Å²) < 4.78 is 0. The minimum atomic E-state index is 0.718. The molecular weight excluding hydrogens is 184 g/mol. The summed E-state index contributed by atoms with van der Waals surface area (Å²) in [6, 6.07) is 1.54. The van der Waals surface area contributed by atoms with Crippen LogP contribution in [0.1, 0.15) is 45.4 Å². The van der Waals surface area contributed by atoms with E-state index in [0.29, 0.717) is 0 Å². The van der Waals surface area contributed by atoms with Crippen molar-refractivity contribution in [2.24, 2.45) is 5.92 Å². The molecule has 2 unspecified atom stereocenters. The number of hydrogen-bond acceptors (Lipinski definition) is 2. The Morgan fingerprint density at radius 3 is 2.53 bits per heavy atom. The van der Waals surface area contributed by atoms with Crippen LogP contribution < -0.4 is 5.32 Å². The first-order valence-corrected chi connectivity index (χ1v) is 6.70. The highest BCUT2D eigenvalue weighted by Gasteiger charge is 2.25. The molecule has 2 atom stereocenters. The predicted molar refractivity (Wildman–Crippen MR) is 65.1 cm³/mol. The van der Waals surface area contributed by atoms with E-state index in [9.17, 15) is 0 Å². The molecule has 0 bridgehead atoms. The molecule has 0 aromatic rings. The van der Waals surface area contributed by atoms with E-state index in [2.05, 4.69) is 24.2 Å². The zero-order valence-electron chi connectivity index (χ0n) is 10.3. The summed E-state index contributed by atoms with van der Waals surface area (Å²) >= 11 is 0. The first kappa shape index (κ1) is 11.4. The van der Waals surface area contributed by atoms with Crippen LogP contribution in [-0.4, -0.2) is 37.1 Å². The van der Waals surface area contributed by atoms with Crippen LogP contribution in [0.2, 0.25) is 0 Å². The van der Waals surface area contributed by atoms with Crippen molar-refractivity contribution in [2.45, 2.75) is 57.5 Å². The Morgan fingerprint density at radius 1 is 1.13 bits per heavy atom. The lowest BCUT2D eigenvalue weighted by atomic mass is 9.91. The Balaban J connectivity index is 1.76. The van der Waals surface area contributed by atoms with E-state index in [1.807, 2.05) is 0 Å². The van der Waals surface area contributed by atoms with Crippen LogP contribution in [0.25, 0.3) is 0 Å². The maximum Gasteiger partial charge on any atom is 0.00818 e. The number of rotatable bonds is 3. The molecule has 2 aliphatic rings. The van der Waals surface area contributed by atoms with Crippen molar-refractivity contribution in [1.29, 1.82) is 0 Å². The Bertz CT molecular complexity index is 187. The van der Waals surface area contributed by atoms with Crippen molar-refractivity contribution in [3.05, 3.63) is 0 Å². The lowest BCUT2D eigenvalue weighted by molar-refractivity contribution is 0.173. The molecule has 0 aromatic heterocycles. The Morgan fingerprint density at radius 2 is 1.87 bits per heavy atom. The standard InChI is InChI=1S/C13H26N2/c1-11(14-13-7-3-4-8-13)12-6-5-9-15(2)10-12/h11-14H,3-10H2,1-2H3. The molecule has 1 aliphatic heterocycles. The van der Waals surface area contributed by atoms with Gasteiger partial charge in [-0.25, -0.2) is 0 Å². The largest absolute Gasteiger partial charge is 0.311 e. The highest BCUT2D eigenvalue weighted by Crippen LogP contribution is 2.22. The first-order valence-electron chi connectivity index (χ1n) is 6.70. The third kappa shape index (κ3) is 3.18. The van der Waals surface area contributed by atoms with Gasteiger partial charge in [0.05, 0.1) is 0 Å². The summed E-state index contributed by atoms with van der Waals surface area (Å²) in [7, 11) is 2.26. The smallest absolute Gasteiger partial charge is 0.00818 e. The number of piperidine rings is 1. The summed E-state index contributed by atoms with van der Waals surface area (Å²) in [4.78, 5) is 2.49. The highest BCUT2D eigenvalue weighted by molar-refractivity contribution is 4.83. The van der Waals surface area contributed by atoms with Crippen molar-refractivity contribution in [3.63, 3.8) is 0 Å². The molecular formula is C13H26N2. The van der Waals surface area contributed by atoms with Gasteiger partial charge < -0.3 is 10.2 Å². The van der Waals surface area contributed by atoms with Gasteiger partial charge in [0.1, 0.15) is 0 Å². The van der Waals surface area contributed by atoms with Crippen LogP contribution in [0.5, 0.6) is 0 Å². The third-order valence-corrected chi connectivity index (χ3v) is 4.22. The quantitative estimate of drug-likeness (QED) is 0.768. The molecule has 15 heavy (non-hydrogen) atoms. The van der Waals surface area contributed by atoms with Gasteiger partial charge in [-0.1, -0.05) is 12.8 Å². The van der Waals surface area contributed by atoms with Gasteiger partial charge in [-0.2, -0.15) is 0 Å². The molecule has 1 N–H and O–H groups in total. The van der Waals surface area contributed by atoms with Gasteiger partial charge in [0.2, 0.25) is 0 Å². The molecule has 0 amide bonds. The van der Waals surface area contributed by atoms with Gasteiger partial charge in [0, 0.05) is 18.6 Å². The van der Waals surface area contributed by atoms with Crippen LogP contribution in [0.4, 0.5) is 0 Å². The fourth-order valence-electron chi connectivity index (χ4n) is 3.21. The van der Waals surface area contributed by atoms with E-state index in [0.717, 1.165) is 18.0 Å². The van der Waals surface area contributed by atoms with Crippen LogP contribution in [0, 0.1) is 5.92 Å². The van der Waals surface area contributed by atoms with Crippen LogP contribution in [0.3, 0.4) is 0 Å². The predicted octanol–water partition coefficient (Wildman–Crippen LogP) is 2.25. The fourth-order valence-corrected chi connectivity index (χ4v) is 3.21. The topological polar surface area (TPSA) is 15.3 Å². The second-order valence-corrected chi connectivity index (χ2v) is 5.60. The SMILES string of the molecule is CC(NC1CCCC1)C1CCCN(C)C1. The highest BCUT2D eigenvalue weighted by atomic mass is 15.1. The molecule has 2 rings (SSSR count). The molecule has 0 aromatic carbocycles. The number of nitrogens with zero attached hydrogens (tertiary/aromatic N) is 1. The maximum atomic E-state index is 3.84. The molecule has 2 nitrogen and oxygen atoms in total. The maximum absolute atomic E-state index is 3.84. The van der Waals surface area contributed by atoms with E-state index >= 15 is 0 Å². The van der Waals surface area contributed by atoms with Crippen LogP contribution in [-0.2, 0) is 0 Å². The van der Waals surface area contributed by atoms with Gasteiger partial charge in [0.15, 0.2) is 0 Å². The van der Waals surface area contributed by atoms with Crippen molar-refractivity contribution < 1.29 is 0 Å². The Labute approximate surface area is 94.4 Å². The summed E-state index contributed by atoms with van der Waals surface area (Å²) in [5.41, 5.74) is 0. The van der Waals surface area contributed by atoms with Crippen molar-refractivity contribution in [3.8, 4) is 0 Å². The third-order valence-electron chi connectivity index (χ3n) is 4.22. The summed E-state index contributed by atoms with van der Waals surface area (Å²) in [6.07, 6.45) is 8.51. The number of hydrogen-bond donors (Lipinski definition) is 1. The van der Waals surface area contributed by atoms with E-state index in [1.54, 1.807) is 0 Å². The van der Waals surface area contributed by atoms with Gasteiger partial charge in [-0.3, -0.25) is 0 Å². The molecule has 1 heterocycles. The zero-order valence-corrected chi connectivity index (χ0v) is 10.3. The minimum Gasteiger partial charge on any atom is -0.311 e. The van der Waals surface area contributed by atoms with Crippen molar-refractivity contribution in [1.82, 2.24) is 10.2 Å². The summed E-state index contributed by atoms with van der Waals surface area (Å²) in [6.45, 7) is 4.98. The van der Waals surface area contributed by atoms with Gasteiger partial charge in [0.25, 0.3) is 0 Å². The summed E-state index contributed by atoms with van der Waals surface area (Å²) in [5.74, 6) is 0.879. The first-order chi connectivity index (χ1) is 7.25. The zero-order chi connectivity index (χ0) is 10.7. The van der Waals surface area contributed by atoms with E-state index < -0.39 is 0 Å². The molecule has 2 fully saturated rings. The molecule has 88 valence electrons. The van der Waals surface area contributed by atoms with Crippen LogP contribution >= 0.6 is 0 Å². The summed E-state index contributed by atoms with van der Waals surface area (Å²) in [5, 5.41) is 3.84. The molecule has 1 saturated heterocycles. The number of likely N-dealkylation sites (tertiary alicyclic amines) is 1.